The summed E-state index contributed by atoms with van der Waals surface area (Å²) in [6.45, 7) is 12.7. The fourth-order valence-corrected chi connectivity index (χ4v) is 12.5. The van der Waals surface area contributed by atoms with Crippen LogP contribution in [-0.2, 0) is 21.3 Å². The Morgan fingerprint density at radius 1 is 0.929 bits per heavy atom. The molecule has 2 aliphatic carbocycles. The molecule has 2 aliphatic rings. The first kappa shape index (κ1) is 23.0. The molecule has 4 rings (SSSR count). The Morgan fingerprint density at radius 3 is 1.86 bits per heavy atom. The van der Waals surface area contributed by atoms with Crippen molar-refractivity contribution in [3.05, 3.63) is 93.3 Å². The van der Waals surface area contributed by atoms with Crippen molar-refractivity contribution >= 4 is 15.4 Å². The largest absolute Gasteiger partial charge is 1.00 e. The van der Waals surface area contributed by atoms with Gasteiger partial charge in [-0.25, -0.2) is 0 Å². The number of rotatable bonds is 4. The topological polar surface area (TPSA) is 0 Å². The molecule has 0 amide bonds. The Hall–Kier alpha value is -1.27. The molecule has 0 nitrogen and oxygen atoms in total. The summed E-state index contributed by atoms with van der Waals surface area (Å²) >= 11 is -1.98. The van der Waals surface area contributed by atoms with Crippen LogP contribution in [0.5, 0.6) is 0 Å². The van der Waals surface area contributed by atoms with E-state index in [0.29, 0.717) is 3.63 Å². The first-order valence-electron chi connectivity index (χ1n) is 9.20. The molecule has 0 aromatic heterocycles. The van der Waals surface area contributed by atoms with Crippen molar-refractivity contribution in [3.8, 4) is 11.1 Å². The summed E-state index contributed by atoms with van der Waals surface area (Å²) in [5, 5.41) is 0. The fourth-order valence-electron chi connectivity index (χ4n) is 4.29. The molecule has 3 heteroatoms. The van der Waals surface area contributed by atoms with Crippen LogP contribution in [0.4, 0.5) is 0 Å². The second-order valence-electron chi connectivity index (χ2n) is 7.27. The quantitative estimate of drug-likeness (QED) is 0.598. The smallest absolute Gasteiger partial charge is 1.00 e. The summed E-state index contributed by atoms with van der Waals surface area (Å²) < 4.78 is 3.97. The SMILES string of the molecule is C=Cc1ccc2c(c1)-c1cc(C=C)ccc1[CH]2[Zr+2]([C]1=CC=CC1)=[C](C)C.[Cl-].[Cl-]. The van der Waals surface area contributed by atoms with E-state index in [1.54, 1.807) is 6.49 Å². The molecule has 2 aromatic carbocycles. The summed E-state index contributed by atoms with van der Waals surface area (Å²) in [6.07, 6.45) is 12.0. The summed E-state index contributed by atoms with van der Waals surface area (Å²) in [6, 6.07) is 13.8. The van der Waals surface area contributed by atoms with Crippen molar-refractivity contribution in [3.63, 3.8) is 0 Å². The van der Waals surface area contributed by atoms with Crippen LogP contribution in [-0.4, -0.2) is 3.21 Å². The number of halogens is 2. The molecule has 0 bridgehead atoms. The molecule has 0 heterocycles. The van der Waals surface area contributed by atoms with E-state index in [2.05, 4.69) is 81.6 Å². The van der Waals surface area contributed by atoms with Gasteiger partial charge in [0.2, 0.25) is 0 Å². The summed E-state index contributed by atoms with van der Waals surface area (Å²) in [7, 11) is 0. The van der Waals surface area contributed by atoms with Gasteiger partial charge in [0.15, 0.2) is 0 Å². The third-order valence-corrected chi connectivity index (χ3v) is 13.7. The molecular formula is C25H24Cl2Zr. The molecule has 0 radical (unpaired) electrons. The Kier molecular flexibility index (Phi) is 7.80. The van der Waals surface area contributed by atoms with Crippen LogP contribution >= 0.6 is 0 Å². The maximum atomic E-state index is 3.97. The summed E-state index contributed by atoms with van der Waals surface area (Å²) in [4.78, 5) is 0. The molecule has 142 valence electrons. The van der Waals surface area contributed by atoms with Gasteiger partial charge in [0.25, 0.3) is 0 Å². The van der Waals surface area contributed by atoms with Crippen LogP contribution in [0, 0.1) is 0 Å². The van der Waals surface area contributed by atoms with Crippen molar-refractivity contribution in [1.29, 1.82) is 0 Å². The third kappa shape index (κ3) is 3.90. The molecule has 0 saturated heterocycles. The van der Waals surface area contributed by atoms with Crippen molar-refractivity contribution in [1.82, 2.24) is 0 Å². The number of allylic oxidation sites excluding steroid dienone is 4. The Morgan fingerprint density at radius 2 is 1.46 bits per heavy atom. The van der Waals surface area contributed by atoms with E-state index in [-0.39, 0.29) is 24.8 Å². The van der Waals surface area contributed by atoms with E-state index in [1.165, 1.54) is 33.4 Å². The minimum absolute atomic E-state index is 0. The molecule has 0 N–H and O–H groups in total. The second kappa shape index (κ2) is 9.49. The molecule has 0 saturated carbocycles. The van der Waals surface area contributed by atoms with Crippen LogP contribution in [0.2, 0.25) is 0 Å². The number of benzene rings is 2. The predicted octanol–water partition coefficient (Wildman–Crippen LogP) is 0.725. The molecule has 0 spiro atoms. The van der Waals surface area contributed by atoms with Gasteiger partial charge in [-0.1, -0.05) is 0 Å². The maximum Gasteiger partial charge on any atom is -1.00 e. The van der Waals surface area contributed by atoms with Crippen LogP contribution in [0.15, 0.2) is 71.1 Å². The number of fused-ring (bicyclic) bond motifs is 3. The molecule has 0 fully saturated rings. The van der Waals surface area contributed by atoms with Gasteiger partial charge in [-0.3, -0.25) is 0 Å². The minimum Gasteiger partial charge on any atom is -1.00 e. The maximum absolute atomic E-state index is 3.97. The summed E-state index contributed by atoms with van der Waals surface area (Å²) in [5.74, 6) is 0. The standard InChI is InChI=1S/C17H13.C5H5.C3H6.2ClH.Zr/c1-3-12-5-7-14-11-15-8-6-13(4-2)10-17(15)16(14)9-12;1-2-4-5-3-1;1-3-2;;;/h3-11H,1-2H2;1-3H,4H2;1-2H3;2*1H;/q;;;;;+2/p-2. The fraction of sp³-hybridized carbons (Fsp3) is 0.160. The summed E-state index contributed by atoms with van der Waals surface area (Å²) in [5.41, 5.74) is 8.24. The average molecular weight is 487 g/mol. The zero-order valence-electron chi connectivity index (χ0n) is 16.3. The monoisotopic (exact) mass is 484 g/mol. The van der Waals surface area contributed by atoms with Gasteiger partial charge in [-0.2, -0.15) is 0 Å². The Bertz CT molecular complexity index is 963. The van der Waals surface area contributed by atoms with Crippen LogP contribution in [0.1, 0.15) is 46.1 Å². The third-order valence-electron chi connectivity index (χ3n) is 5.48. The van der Waals surface area contributed by atoms with Gasteiger partial charge in [0.05, 0.1) is 0 Å². The zero-order chi connectivity index (χ0) is 18.3. The molecule has 28 heavy (non-hydrogen) atoms. The van der Waals surface area contributed by atoms with Crippen molar-refractivity contribution in [2.24, 2.45) is 0 Å². The van der Waals surface area contributed by atoms with Crippen molar-refractivity contribution in [2.45, 2.75) is 23.9 Å². The molecule has 0 aliphatic heterocycles. The first-order chi connectivity index (χ1) is 12.6. The zero-order valence-corrected chi connectivity index (χ0v) is 20.3. The Labute approximate surface area is 188 Å². The van der Waals surface area contributed by atoms with Gasteiger partial charge in [0, 0.05) is 0 Å². The van der Waals surface area contributed by atoms with Crippen LogP contribution in [0.3, 0.4) is 0 Å². The number of hydrogen-bond donors (Lipinski definition) is 0. The van der Waals surface area contributed by atoms with Gasteiger partial charge in [-0.05, 0) is 0 Å². The van der Waals surface area contributed by atoms with Crippen LogP contribution in [0.25, 0.3) is 23.3 Å². The van der Waals surface area contributed by atoms with E-state index in [4.69, 9.17) is 0 Å². The van der Waals surface area contributed by atoms with E-state index in [1.807, 2.05) is 12.2 Å². The normalized spacial score (nSPS) is 13.2. The van der Waals surface area contributed by atoms with E-state index in [9.17, 15) is 0 Å². The van der Waals surface area contributed by atoms with Gasteiger partial charge in [-0.15, -0.1) is 0 Å². The minimum atomic E-state index is -1.98. The molecule has 0 unspecified atom stereocenters. The van der Waals surface area contributed by atoms with Gasteiger partial charge < -0.3 is 24.8 Å². The van der Waals surface area contributed by atoms with Crippen molar-refractivity contribution in [2.75, 3.05) is 0 Å². The number of hydrogen-bond acceptors (Lipinski definition) is 0. The van der Waals surface area contributed by atoms with E-state index < -0.39 is 21.3 Å². The second-order valence-corrected chi connectivity index (χ2v) is 14.8. The first-order valence-corrected chi connectivity index (χ1v) is 13.1. The van der Waals surface area contributed by atoms with Crippen LogP contribution < -0.4 is 24.8 Å². The Balaban J connectivity index is 0.00000140. The van der Waals surface area contributed by atoms with Gasteiger partial charge >= 0.3 is 165 Å². The van der Waals surface area contributed by atoms with Crippen molar-refractivity contribution < 1.29 is 46.1 Å². The molecular weight excluding hydrogens is 462 g/mol. The van der Waals surface area contributed by atoms with E-state index >= 15 is 0 Å². The molecule has 0 atom stereocenters. The van der Waals surface area contributed by atoms with E-state index in [0.717, 1.165) is 6.42 Å². The predicted molar refractivity (Wildman–Crippen MR) is 112 cm³/mol. The molecule has 2 aromatic rings. The average Bonchev–Trinajstić information content (AvgIpc) is 3.28. The van der Waals surface area contributed by atoms with Gasteiger partial charge in [0.1, 0.15) is 0 Å².